The van der Waals surface area contributed by atoms with E-state index in [1.54, 1.807) is 0 Å². The van der Waals surface area contributed by atoms with Gasteiger partial charge in [-0.3, -0.25) is 0 Å². The Balaban J connectivity index is 2.21. The lowest BCUT2D eigenvalue weighted by Gasteiger charge is -2.23. The van der Waals surface area contributed by atoms with Gasteiger partial charge in [-0.05, 0) is 58.1 Å². The lowest BCUT2D eigenvalue weighted by atomic mass is 9.96. The number of hydrogen-bond donors (Lipinski definition) is 1. The Kier molecular flexibility index (Phi) is 2.68. The number of anilines is 1. The number of nitrogens with one attached hydrogen (secondary N) is 1. The Bertz CT molecular complexity index is 350. The first-order chi connectivity index (χ1) is 7.04. The van der Waals surface area contributed by atoms with E-state index in [4.69, 9.17) is 0 Å². The summed E-state index contributed by atoms with van der Waals surface area (Å²) in [6, 6.07) is 4.34. The molecular formula is C13H20N2. The first-order valence-electron chi connectivity index (χ1n) is 5.82. The lowest BCUT2D eigenvalue weighted by molar-refractivity contribution is 0.625. The van der Waals surface area contributed by atoms with Gasteiger partial charge in [0.2, 0.25) is 0 Å². The van der Waals surface area contributed by atoms with Crippen LogP contribution >= 0.6 is 0 Å². The maximum Gasteiger partial charge on any atom is 0.126 e. The van der Waals surface area contributed by atoms with Crippen molar-refractivity contribution in [3.05, 3.63) is 23.4 Å². The molecule has 0 radical (unpaired) electrons. The predicted molar refractivity (Wildman–Crippen MR) is 64.3 cm³/mol. The van der Waals surface area contributed by atoms with Gasteiger partial charge >= 0.3 is 0 Å². The highest BCUT2D eigenvalue weighted by Crippen LogP contribution is 2.22. The van der Waals surface area contributed by atoms with E-state index in [1.165, 1.54) is 30.5 Å². The highest BCUT2D eigenvalue weighted by atomic mass is 15.0. The maximum absolute atomic E-state index is 4.69. The van der Waals surface area contributed by atoms with Gasteiger partial charge in [0, 0.05) is 11.2 Å². The van der Waals surface area contributed by atoms with E-state index in [0.717, 1.165) is 12.2 Å². The quantitative estimate of drug-likeness (QED) is 0.760. The largest absolute Gasteiger partial charge is 0.365 e. The minimum absolute atomic E-state index is 0.0932. The van der Waals surface area contributed by atoms with E-state index in [1.807, 2.05) is 0 Å². The van der Waals surface area contributed by atoms with E-state index < -0.39 is 0 Å². The lowest BCUT2D eigenvalue weighted by Crippen LogP contribution is -2.27. The Hall–Kier alpha value is -1.05. The molecule has 0 spiro atoms. The third-order valence-electron chi connectivity index (χ3n) is 2.68. The van der Waals surface area contributed by atoms with Crippen molar-refractivity contribution in [2.45, 2.75) is 52.0 Å². The number of pyridine rings is 1. The van der Waals surface area contributed by atoms with Crippen molar-refractivity contribution in [1.82, 2.24) is 4.98 Å². The molecule has 0 bridgehead atoms. The van der Waals surface area contributed by atoms with Crippen LogP contribution in [0.4, 0.5) is 5.82 Å². The summed E-state index contributed by atoms with van der Waals surface area (Å²) in [6.45, 7) is 6.48. The van der Waals surface area contributed by atoms with E-state index in [2.05, 4.69) is 43.2 Å². The van der Waals surface area contributed by atoms with Crippen LogP contribution in [0.5, 0.6) is 0 Å². The molecule has 0 aliphatic heterocycles. The smallest absolute Gasteiger partial charge is 0.126 e. The van der Waals surface area contributed by atoms with Crippen molar-refractivity contribution in [2.75, 3.05) is 5.32 Å². The van der Waals surface area contributed by atoms with Gasteiger partial charge in [-0.1, -0.05) is 6.07 Å². The monoisotopic (exact) mass is 204 g/mol. The van der Waals surface area contributed by atoms with Gasteiger partial charge in [0.15, 0.2) is 0 Å². The molecule has 0 aromatic carbocycles. The van der Waals surface area contributed by atoms with E-state index in [-0.39, 0.29) is 5.54 Å². The normalized spacial score (nSPS) is 15.9. The molecular weight excluding hydrogens is 184 g/mol. The van der Waals surface area contributed by atoms with Gasteiger partial charge in [-0.2, -0.15) is 0 Å². The molecule has 1 aromatic rings. The Morgan fingerprint density at radius 3 is 2.60 bits per heavy atom. The maximum atomic E-state index is 4.69. The number of aromatic nitrogens is 1. The molecule has 0 amide bonds. The van der Waals surface area contributed by atoms with Crippen LogP contribution in [-0.4, -0.2) is 10.5 Å². The zero-order chi connectivity index (χ0) is 10.9. The molecule has 2 rings (SSSR count). The van der Waals surface area contributed by atoms with Gasteiger partial charge in [-0.25, -0.2) is 4.98 Å². The van der Waals surface area contributed by atoms with Gasteiger partial charge in [0.25, 0.3) is 0 Å². The van der Waals surface area contributed by atoms with Crippen LogP contribution in [-0.2, 0) is 12.8 Å². The van der Waals surface area contributed by atoms with E-state index >= 15 is 0 Å². The van der Waals surface area contributed by atoms with Crippen LogP contribution < -0.4 is 5.32 Å². The molecule has 0 atom stereocenters. The second-order valence-corrected chi connectivity index (χ2v) is 5.38. The van der Waals surface area contributed by atoms with Crippen LogP contribution in [0.3, 0.4) is 0 Å². The fourth-order valence-corrected chi connectivity index (χ4v) is 2.04. The molecule has 0 fully saturated rings. The van der Waals surface area contributed by atoms with Gasteiger partial charge < -0.3 is 5.32 Å². The van der Waals surface area contributed by atoms with Crippen LogP contribution in [0.25, 0.3) is 0 Å². The summed E-state index contributed by atoms with van der Waals surface area (Å²) in [5, 5.41) is 3.42. The summed E-state index contributed by atoms with van der Waals surface area (Å²) in [5.74, 6) is 1.02. The minimum Gasteiger partial charge on any atom is -0.365 e. The Morgan fingerprint density at radius 2 is 1.87 bits per heavy atom. The summed E-state index contributed by atoms with van der Waals surface area (Å²) >= 11 is 0. The van der Waals surface area contributed by atoms with E-state index in [0.29, 0.717) is 0 Å². The number of hydrogen-bond acceptors (Lipinski definition) is 2. The Labute approximate surface area is 92.1 Å². The predicted octanol–water partition coefficient (Wildman–Crippen LogP) is 3.17. The minimum atomic E-state index is 0.0932. The van der Waals surface area contributed by atoms with Crippen LogP contribution in [0.2, 0.25) is 0 Å². The van der Waals surface area contributed by atoms with Crippen molar-refractivity contribution in [1.29, 1.82) is 0 Å². The first-order valence-corrected chi connectivity index (χ1v) is 5.82. The topological polar surface area (TPSA) is 24.9 Å². The van der Waals surface area contributed by atoms with Crippen LogP contribution in [0.15, 0.2) is 12.1 Å². The fraction of sp³-hybridized carbons (Fsp3) is 0.615. The highest BCUT2D eigenvalue weighted by Gasteiger charge is 2.14. The molecule has 0 saturated carbocycles. The highest BCUT2D eigenvalue weighted by molar-refractivity contribution is 5.41. The van der Waals surface area contributed by atoms with Crippen molar-refractivity contribution < 1.29 is 0 Å². The van der Waals surface area contributed by atoms with E-state index in [9.17, 15) is 0 Å². The average molecular weight is 204 g/mol. The molecule has 1 N–H and O–H groups in total. The summed E-state index contributed by atoms with van der Waals surface area (Å²) in [7, 11) is 0. The molecule has 1 heterocycles. The van der Waals surface area contributed by atoms with Gasteiger partial charge in [0.05, 0.1) is 0 Å². The number of nitrogens with zero attached hydrogens (tertiary/aromatic N) is 1. The Morgan fingerprint density at radius 1 is 1.13 bits per heavy atom. The third kappa shape index (κ3) is 2.71. The number of aryl methyl sites for hydroxylation is 2. The summed E-state index contributed by atoms with van der Waals surface area (Å²) in [5.41, 5.74) is 2.84. The summed E-state index contributed by atoms with van der Waals surface area (Å²) in [6.07, 6.45) is 4.97. The molecule has 1 aliphatic rings. The second kappa shape index (κ2) is 3.84. The van der Waals surface area contributed by atoms with Gasteiger partial charge in [-0.15, -0.1) is 0 Å². The third-order valence-corrected chi connectivity index (χ3v) is 2.68. The molecule has 1 aromatic heterocycles. The average Bonchev–Trinajstić information content (AvgIpc) is 2.15. The van der Waals surface area contributed by atoms with Crippen LogP contribution in [0, 0.1) is 0 Å². The molecule has 2 heteroatoms. The van der Waals surface area contributed by atoms with Crippen molar-refractivity contribution in [3.63, 3.8) is 0 Å². The zero-order valence-corrected chi connectivity index (χ0v) is 9.93. The van der Waals surface area contributed by atoms with Crippen molar-refractivity contribution in [3.8, 4) is 0 Å². The molecule has 15 heavy (non-hydrogen) atoms. The molecule has 82 valence electrons. The van der Waals surface area contributed by atoms with Crippen molar-refractivity contribution >= 4 is 5.82 Å². The SMILES string of the molecule is CC(C)(C)Nc1ccc2c(n1)CCCC2. The van der Waals surface area contributed by atoms with Crippen LogP contribution in [0.1, 0.15) is 44.9 Å². The van der Waals surface area contributed by atoms with Crippen molar-refractivity contribution in [2.24, 2.45) is 0 Å². The first kappa shape index (κ1) is 10.5. The molecule has 0 saturated heterocycles. The zero-order valence-electron chi connectivity index (χ0n) is 9.93. The summed E-state index contributed by atoms with van der Waals surface area (Å²) in [4.78, 5) is 4.69. The number of rotatable bonds is 1. The molecule has 0 unspecified atom stereocenters. The summed E-state index contributed by atoms with van der Waals surface area (Å²) < 4.78 is 0. The second-order valence-electron chi connectivity index (χ2n) is 5.38. The fourth-order valence-electron chi connectivity index (χ4n) is 2.04. The molecule has 2 nitrogen and oxygen atoms in total. The van der Waals surface area contributed by atoms with Gasteiger partial charge in [0.1, 0.15) is 5.82 Å². The number of fused-ring (bicyclic) bond motifs is 1. The standard InChI is InChI=1S/C13H20N2/c1-13(2,3)15-12-9-8-10-6-4-5-7-11(10)14-12/h8-9H,4-7H2,1-3H3,(H,14,15). The molecule has 1 aliphatic carbocycles.